The Balaban J connectivity index is 1.53. The summed E-state index contributed by atoms with van der Waals surface area (Å²) in [5.41, 5.74) is 8.37. The first-order valence-corrected chi connectivity index (χ1v) is 9.10. The fraction of sp³-hybridized carbons (Fsp3) is 0.136. The number of carbonyl (C=O) groups excluding carboxylic acids is 2. The summed E-state index contributed by atoms with van der Waals surface area (Å²) in [6, 6.07) is 15.9. The third-order valence-electron chi connectivity index (χ3n) is 4.38. The third kappa shape index (κ3) is 5.70. The van der Waals surface area contributed by atoms with Crippen LogP contribution < -0.4 is 16.4 Å². The van der Waals surface area contributed by atoms with Gasteiger partial charge >= 0.3 is 0 Å². The number of nitrogens with one attached hydrogen (secondary N) is 2. The number of hydrogen-bond donors (Lipinski definition) is 3. The molecule has 0 bridgehead atoms. The summed E-state index contributed by atoms with van der Waals surface area (Å²) in [6.07, 6.45) is 3.24. The Morgan fingerprint density at radius 1 is 1.00 bits per heavy atom. The second-order valence-electron chi connectivity index (χ2n) is 6.49. The van der Waals surface area contributed by atoms with Gasteiger partial charge in [-0.25, -0.2) is 4.39 Å². The molecule has 0 saturated heterocycles. The molecule has 1 atom stereocenters. The van der Waals surface area contributed by atoms with Crippen molar-refractivity contribution in [3.8, 4) is 0 Å². The van der Waals surface area contributed by atoms with E-state index in [-0.39, 0.29) is 30.6 Å². The van der Waals surface area contributed by atoms with Crippen LogP contribution in [0.4, 0.5) is 10.1 Å². The minimum atomic E-state index is -0.534. The quantitative estimate of drug-likeness (QED) is 0.575. The molecule has 1 heterocycles. The molecule has 7 heteroatoms. The lowest BCUT2D eigenvalue weighted by Gasteiger charge is -2.13. The van der Waals surface area contributed by atoms with Gasteiger partial charge in [0.25, 0.3) is 5.91 Å². The van der Waals surface area contributed by atoms with Crippen LogP contribution in [0.15, 0.2) is 73.1 Å². The van der Waals surface area contributed by atoms with Crippen molar-refractivity contribution in [2.45, 2.75) is 19.0 Å². The molecule has 3 rings (SSSR count). The number of hydrogen-bond acceptors (Lipinski definition) is 4. The van der Waals surface area contributed by atoms with E-state index in [1.54, 1.807) is 67.0 Å². The van der Waals surface area contributed by atoms with Crippen molar-refractivity contribution in [3.63, 3.8) is 0 Å². The van der Waals surface area contributed by atoms with Gasteiger partial charge in [-0.3, -0.25) is 14.6 Å². The van der Waals surface area contributed by atoms with Gasteiger partial charge in [0.1, 0.15) is 5.82 Å². The summed E-state index contributed by atoms with van der Waals surface area (Å²) >= 11 is 0. The summed E-state index contributed by atoms with van der Waals surface area (Å²) < 4.78 is 13.6. The van der Waals surface area contributed by atoms with Crippen LogP contribution in [0, 0.1) is 5.82 Å². The van der Waals surface area contributed by atoms with Crippen LogP contribution in [0.5, 0.6) is 0 Å². The van der Waals surface area contributed by atoms with Gasteiger partial charge in [0, 0.05) is 48.2 Å². The molecule has 148 valence electrons. The summed E-state index contributed by atoms with van der Waals surface area (Å²) in [7, 11) is 0. The summed E-state index contributed by atoms with van der Waals surface area (Å²) in [5.74, 6) is -0.892. The fourth-order valence-corrected chi connectivity index (χ4v) is 2.75. The number of carbonyl (C=O) groups is 2. The van der Waals surface area contributed by atoms with Crippen LogP contribution in [-0.4, -0.2) is 16.8 Å². The Morgan fingerprint density at radius 3 is 2.38 bits per heavy atom. The highest BCUT2D eigenvalue weighted by Crippen LogP contribution is 2.16. The van der Waals surface area contributed by atoms with Gasteiger partial charge in [0.15, 0.2) is 0 Å². The van der Waals surface area contributed by atoms with Crippen LogP contribution in [-0.2, 0) is 11.3 Å². The summed E-state index contributed by atoms with van der Waals surface area (Å²) in [6.45, 7) is 0.104. The van der Waals surface area contributed by atoms with Crippen LogP contribution in [0.2, 0.25) is 0 Å². The number of nitrogens with zero attached hydrogens (tertiary/aromatic N) is 1. The molecule has 1 unspecified atom stereocenters. The van der Waals surface area contributed by atoms with Gasteiger partial charge in [-0.2, -0.15) is 0 Å². The zero-order valence-corrected chi connectivity index (χ0v) is 15.6. The van der Waals surface area contributed by atoms with Crippen molar-refractivity contribution in [3.05, 3.63) is 95.6 Å². The minimum Gasteiger partial charge on any atom is -0.352 e. The number of anilines is 1. The van der Waals surface area contributed by atoms with Crippen LogP contribution in [0.1, 0.15) is 33.9 Å². The normalized spacial score (nSPS) is 11.5. The Kier molecular flexibility index (Phi) is 6.65. The fourth-order valence-electron chi connectivity index (χ4n) is 2.75. The zero-order valence-electron chi connectivity index (χ0n) is 15.6. The average molecular weight is 392 g/mol. The molecule has 0 aliphatic heterocycles. The van der Waals surface area contributed by atoms with Crippen LogP contribution in [0.25, 0.3) is 0 Å². The second kappa shape index (κ2) is 9.57. The third-order valence-corrected chi connectivity index (χ3v) is 4.38. The number of nitrogens with two attached hydrogens (primary N) is 1. The number of pyridine rings is 1. The van der Waals surface area contributed by atoms with E-state index in [0.29, 0.717) is 16.8 Å². The topological polar surface area (TPSA) is 97.1 Å². The molecule has 0 fully saturated rings. The number of aromatic nitrogens is 1. The predicted octanol–water partition coefficient (Wildman–Crippen LogP) is 3.18. The lowest BCUT2D eigenvalue weighted by Crippen LogP contribution is -2.27. The molecule has 0 saturated carbocycles. The van der Waals surface area contributed by atoms with Crippen molar-refractivity contribution in [2.24, 2.45) is 5.73 Å². The van der Waals surface area contributed by atoms with Crippen molar-refractivity contribution in [1.82, 2.24) is 10.3 Å². The van der Waals surface area contributed by atoms with Crippen molar-refractivity contribution in [1.29, 1.82) is 0 Å². The molecule has 6 nitrogen and oxygen atoms in total. The number of halogens is 1. The monoisotopic (exact) mass is 392 g/mol. The Labute approximate surface area is 168 Å². The van der Waals surface area contributed by atoms with E-state index in [0.717, 1.165) is 5.56 Å². The molecule has 2 aromatic carbocycles. The molecule has 1 aromatic heterocycles. The highest BCUT2D eigenvalue weighted by Gasteiger charge is 2.13. The first-order valence-electron chi connectivity index (χ1n) is 9.10. The zero-order chi connectivity index (χ0) is 20.6. The van der Waals surface area contributed by atoms with Gasteiger partial charge in [-0.1, -0.05) is 30.3 Å². The highest BCUT2D eigenvalue weighted by atomic mass is 19.1. The smallest absolute Gasteiger partial charge is 0.255 e. The lowest BCUT2D eigenvalue weighted by atomic mass is 10.0. The highest BCUT2D eigenvalue weighted by molar-refractivity contribution is 6.04. The average Bonchev–Trinajstić information content (AvgIpc) is 2.74. The van der Waals surface area contributed by atoms with Crippen molar-refractivity contribution < 1.29 is 14.0 Å². The molecule has 2 amide bonds. The molecule has 0 aliphatic rings. The van der Waals surface area contributed by atoms with Gasteiger partial charge in [0.05, 0.1) is 0 Å². The van der Waals surface area contributed by atoms with Crippen molar-refractivity contribution >= 4 is 17.5 Å². The Bertz CT molecular complexity index is 978. The molecular weight excluding hydrogens is 371 g/mol. The van der Waals surface area contributed by atoms with Gasteiger partial charge < -0.3 is 16.4 Å². The van der Waals surface area contributed by atoms with E-state index in [2.05, 4.69) is 15.6 Å². The van der Waals surface area contributed by atoms with Gasteiger partial charge in [-0.15, -0.1) is 0 Å². The van der Waals surface area contributed by atoms with E-state index in [1.807, 2.05) is 0 Å². The molecule has 4 N–H and O–H groups in total. The Morgan fingerprint density at radius 2 is 1.69 bits per heavy atom. The van der Waals surface area contributed by atoms with E-state index in [9.17, 15) is 14.0 Å². The SMILES string of the molecule is NC(CC(=O)NCc1ccccc1F)c1ccc(C(=O)Nc2ccncc2)cc1. The first-order chi connectivity index (χ1) is 14.0. The summed E-state index contributed by atoms with van der Waals surface area (Å²) in [5, 5.41) is 5.44. The maximum Gasteiger partial charge on any atom is 0.255 e. The van der Waals surface area contributed by atoms with Crippen LogP contribution >= 0.6 is 0 Å². The molecule has 29 heavy (non-hydrogen) atoms. The van der Waals surface area contributed by atoms with Crippen molar-refractivity contribution in [2.75, 3.05) is 5.32 Å². The van der Waals surface area contributed by atoms with Gasteiger partial charge in [0.2, 0.25) is 5.91 Å². The summed E-state index contributed by atoms with van der Waals surface area (Å²) in [4.78, 5) is 28.3. The molecular formula is C22H21FN4O2. The number of rotatable bonds is 7. The minimum absolute atomic E-state index is 0.0526. The van der Waals surface area contributed by atoms with E-state index < -0.39 is 6.04 Å². The maximum absolute atomic E-state index is 13.6. The Hall–Kier alpha value is -3.58. The van der Waals surface area contributed by atoms with Gasteiger partial charge in [-0.05, 0) is 35.9 Å². The first kappa shape index (κ1) is 20.2. The number of amides is 2. The molecule has 0 radical (unpaired) electrons. The van der Waals surface area contributed by atoms with E-state index >= 15 is 0 Å². The molecule has 0 spiro atoms. The maximum atomic E-state index is 13.6. The molecule has 3 aromatic rings. The predicted molar refractivity (Wildman–Crippen MR) is 108 cm³/mol. The van der Waals surface area contributed by atoms with E-state index in [4.69, 9.17) is 5.73 Å². The lowest BCUT2D eigenvalue weighted by molar-refractivity contribution is -0.121. The molecule has 0 aliphatic carbocycles. The number of benzene rings is 2. The van der Waals surface area contributed by atoms with Crippen LogP contribution in [0.3, 0.4) is 0 Å². The van der Waals surface area contributed by atoms with E-state index in [1.165, 1.54) is 6.07 Å². The largest absolute Gasteiger partial charge is 0.352 e. The second-order valence-corrected chi connectivity index (χ2v) is 6.49. The standard InChI is InChI=1S/C22H21FN4O2/c23-19-4-2-1-3-17(19)14-26-21(28)13-20(24)15-5-7-16(8-6-15)22(29)27-18-9-11-25-12-10-18/h1-12,20H,13-14,24H2,(H,26,28)(H,25,27,29).